The van der Waals surface area contributed by atoms with Crippen LogP contribution in [0.5, 0.6) is 0 Å². The maximum absolute atomic E-state index is 13.2. The van der Waals surface area contributed by atoms with Crippen molar-refractivity contribution in [2.75, 3.05) is 19.7 Å². The molecule has 1 spiro atoms. The molecule has 2 heterocycles. The summed E-state index contributed by atoms with van der Waals surface area (Å²) >= 11 is 0. The van der Waals surface area contributed by atoms with E-state index >= 15 is 0 Å². The molecule has 7 nitrogen and oxygen atoms in total. The summed E-state index contributed by atoms with van der Waals surface area (Å²) in [4.78, 5) is 42.1. The van der Waals surface area contributed by atoms with Crippen molar-refractivity contribution < 1.29 is 28.6 Å². The molecule has 0 radical (unpaired) electrons. The Morgan fingerprint density at radius 2 is 1.73 bits per heavy atom. The Morgan fingerprint density at radius 3 is 2.33 bits per heavy atom. The van der Waals surface area contributed by atoms with Gasteiger partial charge in [-0.05, 0) is 49.6 Å². The van der Waals surface area contributed by atoms with Gasteiger partial charge in [0.1, 0.15) is 17.8 Å². The quantitative estimate of drug-likeness (QED) is 0.701. The van der Waals surface area contributed by atoms with E-state index in [0.29, 0.717) is 18.4 Å². The van der Waals surface area contributed by atoms with Crippen LogP contribution in [0.4, 0.5) is 4.39 Å². The summed E-state index contributed by atoms with van der Waals surface area (Å²) in [5.74, 6) is -2.80. The van der Waals surface area contributed by atoms with Crippen molar-refractivity contribution in [2.45, 2.75) is 38.0 Å². The molecule has 2 amide bonds. The predicted octanol–water partition coefficient (Wildman–Crippen LogP) is 2.38. The number of benzene rings is 2. The largest absolute Gasteiger partial charge is 0.466 e. The van der Waals surface area contributed by atoms with E-state index in [-0.39, 0.29) is 32.1 Å². The number of ether oxygens (including phenoxy) is 1. The normalized spacial score (nSPS) is 22.0. The second-order valence-electron chi connectivity index (χ2n) is 8.49. The fourth-order valence-electron chi connectivity index (χ4n) is 5.02. The van der Waals surface area contributed by atoms with Gasteiger partial charge in [-0.15, -0.1) is 0 Å². The number of hydrogen-bond acceptors (Lipinski definition) is 5. The molecule has 2 fully saturated rings. The number of carbonyl (C=O) groups is 3. The highest BCUT2D eigenvalue weighted by Crippen LogP contribution is 2.45. The van der Waals surface area contributed by atoms with Crippen molar-refractivity contribution in [3.8, 4) is 0 Å². The number of esters is 1. The number of halogens is 1. The van der Waals surface area contributed by atoms with Gasteiger partial charge >= 0.3 is 5.97 Å². The van der Waals surface area contributed by atoms with Gasteiger partial charge in [0, 0.05) is 25.2 Å². The third-order valence-electron chi connectivity index (χ3n) is 6.68. The van der Waals surface area contributed by atoms with Gasteiger partial charge in [-0.2, -0.15) is 0 Å². The van der Waals surface area contributed by atoms with Crippen molar-refractivity contribution in [2.24, 2.45) is 5.92 Å². The van der Waals surface area contributed by atoms with E-state index in [4.69, 9.17) is 4.74 Å². The average molecular weight is 454 g/mol. The first-order valence-corrected chi connectivity index (χ1v) is 11.1. The summed E-state index contributed by atoms with van der Waals surface area (Å²) in [6.45, 7) is 2.65. The molecule has 2 aromatic rings. The zero-order valence-electron chi connectivity index (χ0n) is 18.4. The van der Waals surface area contributed by atoms with E-state index < -0.39 is 35.3 Å². The molecule has 4 rings (SSSR count). The summed E-state index contributed by atoms with van der Waals surface area (Å²) in [5.41, 5.74) is 0.294. The molecule has 1 N–H and O–H groups in total. The summed E-state index contributed by atoms with van der Waals surface area (Å²) in [6, 6.07) is 14.7. The van der Waals surface area contributed by atoms with Gasteiger partial charge in [0.15, 0.2) is 0 Å². The van der Waals surface area contributed by atoms with Gasteiger partial charge < -0.3 is 19.6 Å². The Balaban J connectivity index is 1.61. The van der Waals surface area contributed by atoms with E-state index in [0.717, 1.165) is 5.56 Å². The molecular weight excluding hydrogens is 427 g/mol. The molecule has 2 aliphatic rings. The lowest BCUT2D eigenvalue weighted by Crippen LogP contribution is -2.58. The first-order valence-electron chi connectivity index (χ1n) is 11.1. The Kier molecular flexibility index (Phi) is 6.47. The number of hydrogen-bond donors (Lipinski definition) is 1. The molecule has 0 unspecified atom stereocenters. The molecule has 0 aliphatic carbocycles. The second-order valence-corrected chi connectivity index (χ2v) is 8.49. The predicted molar refractivity (Wildman–Crippen MR) is 117 cm³/mol. The third kappa shape index (κ3) is 4.23. The molecule has 8 heteroatoms. The number of rotatable bonds is 5. The number of carbonyl (C=O) groups excluding carboxylic acids is 3. The van der Waals surface area contributed by atoms with E-state index in [1.54, 1.807) is 16.7 Å². The maximum atomic E-state index is 13.2. The van der Waals surface area contributed by atoms with Crippen LogP contribution in [0.1, 0.15) is 35.7 Å². The summed E-state index contributed by atoms with van der Waals surface area (Å²) in [7, 11) is 0. The van der Waals surface area contributed by atoms with Gasteiger partial charge in [0.25, 0.3) is 11.8 Å². The molecule has 33 heavy (non-hydrogen) atoms. The lowest BCUT2D eigenvalue weighted by atomic mass is 9.75. The number of amides is 2. The van der Waals surface area contributed by atoms with Gasteiger partial charge in [0.2, 0.25) is 0 Å². The minimum Gasteiger partial charge on any atom is -0.466 e. The molecule has 2 atom stereocenters. The first kappa shape index (κ1) is 22.9. The average Bonchev–Trinajstić information content (AvgIpc) is 3.02. The van der Waals surface area contributed by atoms with Crippen LogP contribution in [0, 0.1) is 11.7 Å². The van der Waals surface area contributed by atoms with E-state index in [9.17, 15) is 23.9 Å². The summed E-state index contributed by atoms with van der Waals surface area (Å²) < 4.78 is 18.5. The van der Waals surface area contributed by atoms with Gasteiger partial charge in [-0.3, -0.25) is 14.4 Å². The molecule has 0 saturated carbocycles. The van der Waals surface area contributed by atoms with Gasteiger partial charge in [-0.1, -0.05) is 30.3 Å². The standard InChI is InChI=1S/C25H27FN2O5/c1-2-33-24(32)20-21(29)23(31)28(16-17-6-4-3-5-7-17)25(20)12-14-27(15-13-25)22(30)18-8-10-19(26)11-9-18/h3-11,20-21,29H,2,12-16H2,1H3/t20-,21+/m0/s1. The van der Waals surface area contributed by atoms with E-state index in [1.165, 1.54) is 24.3 Å². The molecule has 0 aromatic heterocycles. The zero-order valence-corrected chi connectivity index (χ0v) is 18.4. The second kappa shape index (κ2) is 9.31. The SMILES string of the molecule is CCOC(=O)[C@@H]1[C@@H](O)C(=O)N(Cc2ccccc2)C12CCN(C(=O)c1ccc(F)cc1)CC2. The minimum absolute atomic E-state index is 0.139. The smallest absolute Gasteiger partial charge is 0.314 e. The number of piperidine rings is 1. The number of aliphatic hydroxyl groups excluding tert-OH is 1. The van der Waals surface area contributed by atoms with Crippen LogP contribution in [-0.2, 0) is 20.9 Å². The zero-order chi connectivity index (χ0) is 23.6. The molecule has 2 aliphatic heterocycles. The number of nitrogens with zero attached hydrogens (tertiary/aromatic N) is 2. The monoisotopic (exact) mass is 454 g/mol. The van der Waals surface area contributed by atoms with Crippen LogP contribution >= 0.6 is 0 Å². The summed E-state index contributed by atoms with van der Waals surface area (Å²) in [6.07, 6.45) is -0.856. The van der Waals surface area contributed by atoms with Crippen molar-refractivity contribution in [1.29, 1.82) is 0 Å². The van der Waals surface area contributed by atoms with Crippen molar-refractivity contribution in [3.63, 3.8) is 0 Å². The van der Waals surface area contributed by atoms with Crippen LogP contribution in [0.3, 0.4) is 0 Å². The fourth-order valence-corrected chi connectivity index (χ4v) is 5.02. The highest BCUT2D eigenvalue weighted by Gasteiger charge is 2.62. The molecule has 2 saturated heterocycles. The topological polar surface area (TPSA) is 87.2 Å². The Hall–Kier alpha value is -3.26. The maximum Gasteiger partial charge on any atom is 0.314 e. The van der Waals surface area contributed by atoms with Crippen LogP contribution < -0.4 is 0 Å². The Bertz CT molecular complexity index is 1020. The van der Waals surface area contributed by atoms with Crippen LogP contribution in [-0.4, -0.2) is 64.0 Å². The van der Waals surface area contributed by atoms with Gasteiger partial charge in [0.05, 0.1) is 12.1 Å². The molecule has 2 aromatic carbocycles. The van der Waals surface area contributed by atoms with Crippen LogP contribution in [0.15, 0.2) is 54.6 Å². The lowest BCUT2D eigenvalue weighted by molar-refractivity contribution is -0.156. The molecule has 0 bridgehead atoms. The van der Waals surface area contributed by atoms with Crippen molar-refractivity contribution in [1.82, 2.24) is 9.80 Å². The first-order chi connectivity index (χ1) is 15.9. The Labute approximate surface area is 191 Å². The van der Waals surface area contributed by atoms with Crippen LogP contribution in [0.25, 0.3) is 0 Å². The van der Waals surface area contributed by atoms with Crippen LogP contribution in [0.2, 0.25) is 0 Å². The molecule has 174 valence electrons. The summed E-state index contributed by atoms with van der Waals surface area (Å²) in [5, 5.41) is 10.8. The fraction of sp³-hybridized carbons (Fsp3) is 0.400. The van der Waals surface area contributed by atoms with Crippen molar-refractivity contribution in [3.05, 3.63) is 71.5 Å². The highest BCUT2D eigenvalue weighted by molar-refractivity contribution is 5.95. The molecular formula is C25H27FN2O5. The van der Waals surface area contributed by atoms with E-state index in [2.05, 4.69) is 0 Å². The van der Waals surface area contributed by atoms with Gasteiger partial charge in [-0.25, -0.2) is 4.39 Å². The lowest BCUT2D eigenvalue weighted by Gasteiger charge is -2.47. The van der Waals surface area contributed by atoms with Crippen molar-refractivity contribution >= 4 is 17.8 Å². The highest BCUT2D eigenvalue weighted by atomic mass is 19.1. The number of aliphatic hydroxyl groups is 1. The number of likely N-dealkylation sites (tertiary alicyclic amines) is 2. The minimum atomic E-state index is -1.49. The Morgan fingerprint density at radius 1 is 1.09 bits per heavy atom. The van der Waals surface area contributed by atoms with E-state index in [1.807, 2.05) is 30.3 Å². The third-order valence-corrected chi connectivity index (χ3v) is 6.68.